The fraction of sp³-hybridized carbons (Fsp3) is 0.462. The van der Waals surface area contributed by atoms with Crippen LogP contribution in [0.15, 0.2) is 18.2 Å². The molecule has 0 saturated heterocycles. The van der Waals surface area contributed by atoms with Crippen LogP contribution >= 0.6 is 0 Å². The molecule has 0 heterocycles. The van der Waals surface area contributed by atoms with Gasteiger partial charge in [-0.3, -0.25) is 4.79 Å². The summed E-state index contributed by atoms with van der Waals surface area (Å²) < 4.78 is 10.4. The van der Waals surface area contributed by atoms with Crippen LogP contribution in [0, 0.1) is 0 Å². The normalized spacial score (nSPS) is 11.8. The number of likely N-dealkylation sites (N-methyl/N-ethyl adjacent to an activating group) is 1. The molecule has 1 amide bonds. The summed E-state index contributed by atoms with van der Waals surface area (Å²) >= 11 is 0. The maximum absolute atomic E-state index is 11.5. The van der Waals surface area contributed by atoms with Crippen molar-refractivity contribution >= 4 is 5.91 Å². The van der Waals surface area contributed by atoms with E-state index < -0.39 is 0 Å². The van der Waals surface area contributed by atoms with E-state index in [1.165, 1.54) is 0 Å². The molecule has 0 spiro atoms. The second-order valence-corrected chi connectivity index (χ2v) is 3.93. The van der Waals surface area contributed by atoms with E-state index in [2.05, 4.69) is 10.6 Å². The molecule has 18 heavy (non-hydrogen) atoms. The van der Waals surface area contributed by atoms with Gasteiger partial charge in [-0.05, 0) is 31.7 Å². The number of nitrogens with one attached hydrogen (secondary N) is 2. The highest BCUT2D eigenvalue weighted by atomic mass is 16.5. The molecule has 0 aliphatic carbocycles. The first-order valence-electron chi connectivity index (χ1n) is 5.78. The molecule has 0 aromatic heterocycles. The van der Waals surface area contributed by atoms with Gasteiger partial charge >= 0.3 is 0 Å². The van der Waals surface area contributed by atoms with Gasteiger partial charge in [-0.15, -0.1) is 0 Å². The minimum absolute atomic E-state index is 0.0419. The number of hydrogen-bond acceptors (Lipinski definition) is 4. The van der Waals surface area contributed by atoms with Crippen LogP contribution in [0.5, 0.6) is 11.5 Å². The van der Waals surface area contributed by atoms with Crippen molar-refractivity contribution in [2.75, 3.05) is 27.8 Å². The Kier molecular flexibility index (Phi) is 5.45. The summed E-state index contributed by atoms with van der Waals surface area (Å²) in [6.45, 7) is 2.23. The molecule has 0 aliphatic heterocycles. The zero-order chi connectivity index (χ0) is 13.5. The summed E-state index contributed by atoms with van der Waals surface area (Å²) in [7, 11) is 4.92. The van der Waals surface area contributed by atoms with E-state index in [0.29, 0.717) is 18.0 Å². The number of benzene rings is 1. The van der Waals surface area contributed by atoms with Gasteiger partial charge in [0.15, 0.2) is 11.5 Å². The average Bonchev–Trinajstić information content (AvgIpc) is 2.38. The summed E-state index contributed by atoms with van der Waals surface area (Å²) in [5, 5.41) is 5.70. The Morgan fingerprint density at radius 3 is 2.50 bits per heavy atom. The lowest BCUT2D eigenvalue weighted by atomic mass is 10.1. The first-order chi connectivity index (χ1) is 8.62. The molecule has 100 valence electrons. The molecule has 0 radical (unpaired) electrons. The molecule has 1 rings (SSSR count). The highest BCUT2D eigenvalue weighted by Gasteiger charge is 2.12. The van der Waals surface area contributed by atoms with Crippen LogP contribution in [0.3, 0.4) is 0 Å². The van der Waals surface area contributed by atoms with E-state index in [4.69, 9.17) is 9.47 Å². The van der Waals surface area contributed by atoms with Crippen LogP contribution in [0.1, 0.15) is 18.5 Å². The number of ether oxygens (including phenoxy) is 2. The Bertz CT molecular complexity index is 407. The van der Waals surface area contributed by atoms with E-state index in [-0.39, 0.29) is 11.9 Å². The predicted octanol–water partition coefficient (Wildman–Crippen LogP) is 1.10. The Balaban J connectivity index is 2.79. The summed E-state index contributed by atoms with van der Waals surface area (Å²) in [5.74, 6) is 1.29. The van der Waals surface area contributed by atoms with Crippen LogP contribution < -0.4 is 20.1 Å². The molecule has 0 saturated carbocycles. The van der Waals surface area contributed by atoms with Gasteiger partial charge < -0.3 is 20.1 Å². The number of methoxy groups -OCH3 is 2. The van der Waals surface area contributed by atoms with Crippen LogP contribution in [0.4, 0.5) is 0 Å². The molecule has 0 aliphatic rings. The molecule has 5 heteroatoms. The SMILES string of the molecule is CNCC(=O)NC(C)c1ccc(OC)c(OC)c1. The smallest absolute Gasteiger partial charge is 0.234 e. The van der Waals surface area contributed by atoms with Crippen LogP contribution in [0.25, 0.3) is 0 Å². The minimum Gasteiger partial charge on any atom is -0.493 e. The lowest BCUT2D eigenvalue weighted by Gasteiger charge is -2.16. The van der Waals surface area contributed by atoms with E-state index >= 15 is 0 Å². The van der Waals surface area contributed by atoms with Gasteiger partial charge in [0, 0.05) is 0 Å². The van der Waals surface area contributed by atoms with Gasteiger partial charge in [-0.25, -0.2) is 0 Å². The largest absolute Gasteiger partial charge is 0.493 e. The van der Waals surface area contributed by atoms with Crippen molar-refractivity contribution in [3.05, 3.63) is 23.8 Å². The van der Waals surface area contributed by atoms with Crippen molar-refractivity contribution < 1.29 is 14.3 Å². The molecule has 1 aromatic rings. The zero-order valence-corrected chi connectivity index (χ0v) is 11.2. The van der Waals surface area contributed by atoms with Crippen molar-refractivity contribution in [2.45, 2.75) is 13.0 Å². The highest BCUT2D eigenvalue weighted by molar-refractivity contribution is 5.78. The van der Waals surface area contributed by atoms with E-state index in [1.807, 2.05) is 25.1 Å². The molecular formula is C13H20N2O3. The number of rotatable bonds is 6. The topological polar surface area (TPSA) is 59.6 Å². The van der Waals surface area contributed by atoms with Crippen molar-refractivity contribution in [1.82, 2.24) is 10.6 Å². The van der Waals surface area contributed by atoms with Crippen molar-refractivity contribution in [3.8, 4) is 11.5 Å². The van der Waals surface area contributed by atoms with Gasteiger partial charge in [-0.1, -0.05) is 6.07 Å². The number of hydrogen-bond donors (Lipinski definition) is 2. The third-order valence-corrected chi connectivity index (χ3v) is 2.62. The molecule has 1 aromatic carbocycles. The molecule has 2 N–H and O–H groups in total. The molecule has 0 fully saturated rings. The van der Waals surface area contributed by atoms with Crippen LogP contribution in [0.2, 0.25) is 0 Å². The zero-order valence-electron chi connectivity index (χ0n) is 11.2. The molecular weight excluding hydrogens is 232 g/mol. The quantitative estimate of drug-likeness (QED) is 0.796. The fourth-order valence-corrected chi connectivity index (χ4v) is 1.66. The summed E-state index contributed by atoms with van der Waals surface area (Å²) in [6, 6.07) is 5.52. The molecule has 5 nitrogen and oxygen atoms in total. The van der Waals surface area contributed by atoms with E-state index in [0.717, 1.165) is 5.56 Å². The van der Waals surface area contributed by atoms with Crippen LogP contribution in [-0.2, 0) is 4.79 Å². The average molecular weight is 252 g/mol. The number of amides is 1. The Labute approximate surface area is 107 Å². The summed E-state index contributed by atoms with van der Waals surface area (Å²) in [4.78, 5) is 11.5. The number of carbonyl (C=O) groups is 1. The Morgan fingerprint density at radius 1 is 1.28 bits per heavy atom. The third kappa shape index (κ3) is 3.63. The highest BCUT2D eigenvalue weighted by Crippen LogP contribution is 2.29. The minimum atomic E-state index is -0.0781. The molecule has 1 unspecified atom stereocenters. The van der Waals surface area contributed by atoms with Gasteiger partial charge in [0.1, 0.15) is 0 Å². The number of carbonyl (C=O) groups excluding carboxylic acids is 1. The lowest BCUT2D eigenvalue weighted by molar-refractivity contribution is -0.120. The third-order valence-electron chi connectivity index (χ3n) is 2.62. The Hall–Kier alpha value is -1.75. The Morgan fingerprint density at radius 2 is 1.94 bits per heavy atom. The second kappa shape index (κ2) is 6.86. The van der Waals surface area contributed by atoms with Crippen LogP contribution in [-0.4, -0.2) is 33.7 Å². The van der Waals surface area contributed by atoms with Gasteiger partial charge in [0.05, 0.1) is 26.8 Å². The lowest BCUT2D eigenvalue weighted by Crippen LogP contribution is -2.33. The summed E-state index contributed by atoms with van der Waals surface area (Å²) in [5.41, 5.74) is 0.970. The van der Waals surface area contributed by atoms with Gasteiger partial charge in [-0.2, -0.15) is 0 Å². The van der Waals surface area contributed by atoms with E-state index in [1.54, 1.807) is 21.3 Å². The predicted molar refractivity (Wildman–Crippen MR) is 70.0 cm³/mol. The summed E-state index contributed by atoms with van der Waals surface area (Å²) in [6.07, 6.45) is 0. The second-order valence-electron chi connectivity index (χ2n) is 3.93. The van der Waals surface area contributed by atoms with Crippen molar-refractivity contribution in [3.63, 3.8) is 0 Å². The maximum atomic E-state index is 11.5. The molecule has 1 atom stereocenters. The standard InChI is InChI=1S/C13H20N2O3/c1-9(15-13(16)8-14-2)10-5-6-11(17-3)12(7-10)18-4/h5-7,9,14H,8H2,1-4H3,(H,15,16). The van der Waals surface area contributed by atoms with Gasteiger partial charge in [0.2, 0.25) is 5.91 Å². The first kappa shape index (κ1) is 14.3. The van der Waals surface area contributed by atoms with E-state index in [9.17, 15) is 4.79 Å². The molecule has 0 bridgehead atoms. The first-order valence-corrected chi connectivity index (χ1v) is 5.78. The fourth-order valence-electron chi connectivity index (χ4n) is 1.66. The van der Waals surface area contributed by atoms with Gasteiger partial charge in [0.25, 0.3) is 0 Å². The maximum Gasteiger partial charge on any atom is 0.234 e. The monoisotopic (exact) mass is 252 g/mol. The van der Waals surface area contributed by atoms with Crippen molar-refractivity contribution in [1.29, 1.82) is 0 Å². The van der Waals surface area contributed by atoms with Crippen molar-refractivity contribution in [2.24, 2.45) is 0 Å².